The zero-order valence-electron chi connectivity index (χ0n) is 19.1. The summed E-state index contributed by atoms with van der Waals surface area (Å²) in [6.07, 6.45) is 3.69. The van der Waals surface area contributed by atoms with Crippen LogP contribution in [0.2, 0.25) is 4.34 Å². The van der Waals surface area contributed by atoms with E-state index in [1.54, 1.807) is 12.1 Å². The number of amides is 3. The van der Waals surface area contributed by atoms with Crippen molar-refractivity contribution >= 4 is 57.9 Å². The minimum Gasteiger partial charge on any atom is -0.442 e. The number of carbonyl (C=O) groups excluding carboxylic acids is 3. The van der Waals surface area contributed by atoms with Gasteiger partial charge in [-0.15, -0.1) is 11.3 Å². The molecule has 0 radical (unpaired) electrons. The third kappa shape index (κ3) is 5.82. The van der Waals surface area contributed by atoms with Gasteiger partial charge in [-0.1, -0.05) is 18.5 Å². The fraction of sp³-hybridized carbons (Fsp3) is 0.458. The average molecular weight is 505 g/mol. The second-order valence-corrected chi connectivity index (χ2v) is 10.2. The standard InChI is InChI=1S/C24H29ClN4O4S/c1-2-6-22(30)27-18-13-16(7-8-19(18)28-11-4-3-5-12-28)29-15-17(33-24(29)32)14-26-23(31)20-9-10-21(25)34-20/h7-10,13,17H,2-6,11-12,14-15H2,1H3,(H,26,31)(H,27,30). The quantitative estimate of drug-likeness (QED) is 0.534. The van der Waals surface area contributed by atoms with Crippen LogP contribution in [-0.4, -0.2) is 50.2 Å². The smallest absolute Gasteiger partial charge is 0.414 e. The van der Waals surface area contributed by atoms with Crippen LogP contribution in [-0.2, 0) is 9.53 Å². The molecule has 182 valence electrons. The molecule has 10 heteroatoms. The van der Waals surface area contributed by atoms with Gasteiger partial charge < -0.3 is 20.3 Å². The Kier molecular flexibility index (Phi) is 7.95. The van der Waals surface area contributed by atoms with Crippen molar-refractivity contribution in [2.75, 3.05) is 41.3 Å². The maximum Gasteiger partial charge on any atom is 0.414 e. The number of hydrogen-bond acceptors (Lipinski definition) is 6. The first-order chi connectivity index (χ1) is 16.4. The van der Waals surface area contributed by atoms with Crippen LogP contribution in [0.15, 0.2) is 30.3 Å². The molecule has 2 aliphatic heterocycles. The molecule has 2 aromatic rings. The van der Waals surface area contributed by atoms with Gasteiger partial charge in [0.15, 0.2) is 0 Å². The highest BCUT2D eigenvalue weighted by atomic mass is 35.5. The van der Waals surface area contributed by atoms with E-state index in [1.807, 2.05) is 25.1 Å². The van der Waals surface area contributed by atoms with Crippen molar-refractivity contribution in [1.82, 2.24) is 5.32 Å². The van der Waals surface area contributed by atoms with Crippen LogP contribution < -0.4 is 20.4 Å². The molecule has 3 heterocycles. The Labute approximate surface area is 208 Å². The lowest BCUT2D eigenvalue weighted by molar-refractivity contribution is -0.116. The van der Waals surface area contributed by atoms with Crippen LogP contribution in [0.1, 0.15) is 48.7 Å². The first-order valence-corrected chi connectivity index (χ1v) is 12.8. The van der Waals surface area contributed by atoms with Crippen LogP contribution in [0, 0.1) is 0 Å². The number of hydrogen-bond donors (Lipinski definition) is 2. The minimum absolute atomic E-state index is 0.0452. The summed E-state index contributed by atoms with van der Waals surface area (Å²) in [4.78, 5) is 41.6. The summed E-state index contributed by atoms with van der Waals surface area (Å²) in [5.41, 5.74) is 2.33. The molecule has 0 spiro atoms. The van der Waals surface area contributed by atoms with E-state index in [2.05, 4.69) is 15.5 Å². The van der Waals surface area contributed by atoms with E-state index in [-0.39, 0.29) is 18.4 Å². The molecule has 2 fully saturated rings. The molecule has 1 aromatic carbocycles. The van der Waals surface area contributed by atoms with E-state index in [4.69, 9.17) is 16.3 Å². The molecule has 1 aromatic heterocycles. The lowest BCUT2D eigenvalue weighted by Crippen LogP contribution is -2.34. The second-order valence-electron chi connectivity index (χ2n) is 8.48. The number of benzene rings is 1. The molecule has 2 aliphatic rings. The zero-order chi connectivity index (χ0) is 24.1. The number of nitrogens with zero attached hydrogens (tertiary/aromatic N) is 2. The first-order valence-electron chi connectivity index (χ1n) is 11.6. The fourth-order valence-electron chi connectivity index (χ4n) is 4.21. The molecule has 34 heavy (non-hydrogen) atoms. The molecular formula is C24H29ClN4O4S. The largest absolute Gasteiger partial charge is 0.442 e. The van der Waals surface area contributed by atoms with E-state index >= 15 is 0 Å². The Morgan fingerprint density at radius 2 is 1.97 bits per heavy atom. The Balaban J connectivity index is 1.46. The molecule has 2 N–H and O–H groups in total. The Morgan fingerprint density at radius 3 is 2.68 bits per heavy atom. The Hall–Kier alpha value is -2.78. The number of ether oxygens (including phenoxy) is 1. The SMILES string of the molecule is CCCC(=O)Nc1cc(N2CC(CNC(=O)c3ccc(Cl)s3)OC2=O)ccc1N1CCCCC1. The van der Waals surface area contributed by atoms with Gasteiger partial charge in [0.25, 0.3) is 5.91 Å². The summed E-state index contributed by atoms with van der Waals surface area (Å²) >= 11 is 7.09. The minimum atomic E-state index is -0.480. The van der Waals surface area contributed by atoms with E-state index in [0.29, 0.717) is 33.6 Å². The van der Waals surface area contributed by atoms with Gasteiger partial charge in [-0.2, -0.15) is 0 Å². The van der Waals surface area contributed by atoms with Gasteiger partial charge in [0.2, 0.25) is 5.91 Å². The van der Waals surface area contributed by atoms with Crippen molar-refractivity contribution in [1.29, 1.82) is 0 Å². The molecule has 0 bridgehead atoms. The number of nitrogens with one attached hydrogen (secondary N) is 2. The lowest BCUT2D eigenvalue weighted by atomic mass is 10.1. The lowest BCUT2D eigenvalue weighted by Gasteiger charge is -2.31. The fourth-order valence-corrected chi connectivity index (χ4v) is 5.17. The topological polar surface area (TPSA) is 91.0 Å². The van der Waals surface area contributed by atoms with E-state index in [9.17, 15) is 14.4 Å². The van der Waals surface area contributed by atoms with Gasteiger partial charge in [-0.25, -0.2) is 4.79 Å². The summed E-state index contributed by atoms with van der Waals surface area (Å²) in [6, 6.07) is 9.02. The third-order valence-electron chi connectivity index (χ3n) is 5.90. The number of thiophene rings is 1. The summed E-state index contributed by atoms with van der Waals surface area (Å²) in [5.74, 6) is -0.297. The van der Waals surface area contributed by atoms with Gasteiger partial charge in [-0.3, -0.25) is 14.5 Å². The maximum absolute atomic E-state index is 12.6. The van der Waals surface area contributed by atoms with Crippen molar-refractivity contribution in [2.45, 2.75) is 45.1 Å². The predicted octanol–water partition coefficient (Wildman–Crippen LogP) is 4.89. The summed E-state index contributed by atoms with van der Waals surface area (Å²) < 4.78 is 6.02. The van der Waals surface area contributed by atoms with Gasteiger partial charge >= 0.3 is 6.09 Å². The summed E-state index contributed by atoms with van der Waals surface area (Å²) in [6.45, 7) is 4.35. The molecule has 3 amide bonds. The molecule has 2 saturated heterocycles. The molecule has 8 nitrogen and oxygen atoms in total. The second kappa shape index (κ2) is 11.1. The molecule has 0 aliphatic carbocycles. The Morgan fingerprint density at radius 1 is 1.18 bits per heavy atom. The number of piperidine rings is 1. The average Bonchev–Trinajstić information content (AvgIpc) is 3.43. The van der Waals surface area contributed by atoms with Crippen LogP contribution in [0.4, 0.5) is 21.9 Å². The molecule has 1 atom stereocenters. The Bertz CT molecular complexity index is 1050. The van der Waals surface area contributed by atoms with Crippen LogP contribution >= 0.6 is 22.9 Å². The van der Waals surface area contributed by atoms with Crippen molar-refractivity contribution in [2.24, 2.45) is 0 Å². The normalized spacial score (nSPS) is 18.1. The van der Waals surface area contributed by atoms with Gasteiger partial charge in [0, 0.05) is 25.2 Å². The van der Waals surface area contributed by atoms with Crippen LogP contribution in [0.3, 0.4) is 0 Å². The summed E-state index contributed by atoms with van der Waals surface area (Å²) in [5, 5.41) is 5.83. The van der Waals surface area contributed by atoms with Crippen molar-refractivity contribution < 1.29 is 19.1 Å². The number of anilines is 3. The van der Waals surface area contributed by atoms with Gasteiger partial charge in [-0.05, 0) is 56.0 Å². The molecular weight excluding hydrogens is 476 g/mol. The van der Waals surface area contributed by atoms with E-state index < -0.39 is 12.2 Å². The van der Waals surface area contributed by atoms with Crippen molar-refractivity contribution in [3.05, 3.63) is 39.5 Å². The van der Waals surface area contributed by atoms with Gasteiger partial charge in [0.05, 0.1) is 33.7 Å². The highest BCUT2D eigenvalue weighted by Gasteiger charge is 2.33. The molecule has 0 saturated carbocycles. The number of halogens is 1. The number of rotatable bonds is 8. The van der Waals surface area contributed by atoms with Crippen molar-refractivity contribution in [3.63, 3.8) is 0 Å². The van der Waals surface area contributed by atoms with Crippen molar-refractivity contribution in [3.8, 4) is 0 Å². The maximum atomic E-state index is 12.6. The zero-order valence-corrected chi connectivity index (χ0v) is 20.7. The first kappa shape index (κ1) is 24.3. The van der Waals surface area contributed by atoms with E-state index in [1.165, 1.54) is 22.7 Å². The number of carbonyl (C=O) groups is 3. The number of cyclic esters (lactones) is 1. The predicted molar refractivity (Wildman–Crippen MR) is 135 cm³/mol. The van der Waals surface area contributed by atoms with E-state index in [0.717, 1.165) is 38.0 Å². The van der Waals surface area contributed by atoms with Gasteiger partial charge in [0.1, 0.15) is 6.10 Å². The highest BCUT2D eigenvalue weighted by molar-refractivity contribution is 7.18. The molecule has 1 unspecified atom stereocenters. The highest BCUT2D eigenvalue weighted by Crippen LogP contribution is 2.34. The third-order valence-corrected chi connectivity index (χ3v) is 7.13. The van der Waals surface area contributed by atoms with Crippen LogP contribution in [0.5, 0.6) is 0 Å². The monoisotopic (exact) mass is 504 g/mol. The van der Waals surface area contributed by atoms with Crippen LogP contribution in [0.25, 0.3) is 0 Å². The summed E-state index contributed by atoms with van der Waals surface area (Å²) in [7, 11) is 0. The molecule has 4 rings (SSSR count).